The Labute approximate surface area is 140 Å². The number of hydrogen-bond acceptors (Lipinski definition) is 4. The predicted molar refractivity (Wildman–Crippen MR) is 93.0 cm³/mol. The Bertz CT molecular complexity index is 587. The molecule has 0 saturated heterocycles. The Balaban J connectivity index is 0.000000509. The van der Waals surface area contributed by atoms with Crippen LogP contribution in [0.5, 0.6) is 17.2 Å². The van der Waals surface area contributed by atoms with Gasteiger partial charge in [0.15, 0.2) is 17.3 Å². The molecule has 0 aliphatic rings. The highest BCUT2D eigenvalue weighted by Gasteiger charge is 2.14. The molecule has 4 nitrogen and oxygen atoms in total. The van der Waals surface area contributed by atoms with E-state index in [1.165, 1.54) is 33.8 Å². The number of aryl methyl sites for hydroxylation is 1. The number of Topliss-reactive ketones (excluding diaryl/α,β-unsaturated/α-hetero) is 1. The summed E-state index contributed by atoms with van der Waals surface area (Å²) in [5.74, 6) is 1.42. The summed E-state index contributed by atoms with van der Waals surface area (Å²) in [6, 6.07) is 13.5. The van der Waals surface area contributed by atoms with Gasteiger partial charge in [-0.2, -0.15) is 0 Å². The minimum Gasteiger partial charge on any atom is -0.493 e. The zero-order valence-corrected chi connectivity index (χ0v) is 14.3. The normalized spacial score (nSPS) is 8.91. The van der Waals surface area contributed by atoms with Crippen molar-refractivity contribution in [3.05, 3.63) is 53.6 Å². The Morgan fingerprint density at radius 3 is 1.61 bits per heavy atom. The van der Waals surface area contributed by atoms with E-state index in [2.05, 4.69) is 19.1 Å². The monoisotopic (exact) mass is 313 g/mol. The van der Waals surface area contributed by atoms with Crippen molar-refractivity contribution in [1.82, 2.24) is 0 Å². The molecular formula is C18H22BO4. The summed E-state index contributed by atoms with van der Waals surface area (Å²) in [4.78, 5) is 11.2. The lowest BCUT2D eigenvalue weighted by atomic mass is 10.1. The Morgan fingerprint density at radius 1 is 0.870 bits per heavy atom. The maximum absolute atomic E-state index is 11.2. The van der Waals surface area contributed by atoms with Crippen LogP contribution in [-0.4, -0.2) is 35.5 Å². The van der Waals surface area contributed by atoms with Crippen LogP contribution in [0.2, 0.25) is 0 Å². The topological polar surface area (TPSA) is 44.8 Å². The largest absolute Gasteiger partial charge is 0.493 e. The first kappa shape index (κ1) is 20.6. The van der Waals surface area contributed by atoms with Crippen molar-refractivity contribution < 1.29 is 19.0 Å². The molecule has 121 valence electrons. The molecule has 23 heavy (non-hydrogen) atoms. The van der Waals surface area contributed by atoms with E-state index in [1.807, 2.05) is 18.2 Å². The van der Waals surface area contributed by atoms with Crippen LogP contribution in [0.1, 0.15) is 22.8 Å². The van der Waals surface area contributed by atoms with Gasteiger partial charge in [-0.1, -0.05) is 35.9 Å². The van der Waals surface area contributed by atoms with E-state index in [9.17, 15) is 4.79 Å². The smallest absolute Gasteiger partial charge is 0.203 e. The van der Waals surface area contributed by atoms with E-state index in [4.69, 9.17) is 14.2 Å². The Hall–Kier alpha value is -2.43. The molecular weight excluding hydrogens is 291 g/mol. The third kappa shape index (κ3) is 6.06. The zero-order valence-electron chi connectivity index (χ0n) is 14.3. The maximum atomic E-state index is 11.2. The van der Waals surface area contributed by atoms with Gasteiger partial charge in [-0.25, -0.2) is 0 Å². The van der Waals surface area contributed by atoms with Crippen LogP contribution in [0.4, 0.5) is 0 Å². The minimum absolute atomic E-state index is 0. The summed E-state index contributed by atoms with van der Waals surface area (Å²) in [6.45, 7) is 3.57. The van der Waals surface area contributed by atoms with Crippen LogP contribution in [0, 0.1) is 6.92 Å². The molecule has 2 aromatic rings. The highest BCUT2D eigenvalue weighted by atomic mass is 16.5. The molecule has 2 rings (SSSR count). The van der Waals surface area contributed by atoms with Crippen LogP contribution in [0.25, 0.3) is 0 Å². The first-order chi connectivity index (χ1) is 10.5. The van der Waals surface area contributed by atoms with Gasteiger partial charge in [0.25, 0.3) is 0 Å². The molecule has 2 aromatic carbocycles. The van der Waals surface area contributed by atoms with Crippen LogP contribution < -0.4 is 14.2 Å². The number of carbonyl (C=O) groups is 1. The number of carbonyl (C=O) groups excluding carboxylic acids is 1. The fraction of sp³-hybridized carbons (Fsp3) is 0.278. The van der Waals surface area contributed by atoms with Gasteiger partial charge >= 0.3 is 0 Å². The van der Waals surface area contributed by atoms with Crippen molar-refractivity contribution in [2.24, 2.45) is 0 Å². The lowest BCUT2D eigenvalue weighted by Gasteiger charge is -2.12. The summed E-state index contributed by atoms with van der Waals surface area (Å²) in [7, 11) is 4.55. The molecule has 0 aliphatic heterocycles. The van der Waals surface area contributed by atoms with Crippen molar-refractivity contribution in [3.63, 3.8) is 0 Å². The Kier molecular flexibility index (Phi) is 9.24. The molecule has 0 fully saturated rings. The number of hydrogen-bond donors (Lipinski definition) is 0. The molecule has 0 saturated carbocycles. The van der Waals surface area contributed by atoms with Crippen LogP contribution >= 0.6 is 0 Å². The van der Waals surface area contributed by atoms with Gasteiger partial charge in [-0.05, 0) is 26.0 Å². The molecule has 5 heteroatoms. The van der Waals surface area contributed by atoms with Gasteiger partial charge in [-0.15, -0.1) is 0 Å². The third-order valence-corrected chi connectivity index (χ3v) is 3.01. The summed E-state index contributed by atoms with van der Waals surface area (Å²) in [6.07, 6.45) is 0. The molecule has 0 amide bonds. The summed E-state index contributed by atoms with van der Waals surface area (Å²) in [5, 5.41) is 0. The average Bonchev–Trinajstić information content (AvgIpc) is 2.54. The standard InChI is InChI=1S/C11H14O4.C7H8.B/c1-7(12)8-5-9(13-2)11(15-4)10(6-8)14-3;1-7-5-3-2-4-6-7;/h5-6H,1-4H3;2-6H,1H3;. The van der Waals surface area contributed by atoms with Gasteiger partial charge in [0.2, 0.25) is 5.75 Å². The predicted octanol–water partition coefficient (Wildman–Crippen LogP) is 3.53. The minimum atomic E-state index is -0.0470. The zero-order chi connectivity index (χ0) is 16.5. The fourth-order valence-corrected chi connectivity index (χ4v) is 1.82. The molecule has 0 heterocycles. The molecule has 0 aliphatic carbocycles. The third-order valence-electron chi connectivity index (χ3n) is 3.01. The summed E-state index contributed by atoms with van der Waals surface area (Å²) in [5.41, 5.74) is 1.85. The van der Waals surface area contributed by atoms with Gasteiger partial charge < -0.3 is 14.2 Å². The number of benzene rings is 2. The van der Waals surface area contributed by atoms with E-state index in [0.717, 1.165) is 0 Å². The first-order valence-corrected chi connectivity index (χ1v) is 6.86. The molecule has 0 spiro atoms. The SMILES string of the molecule is COc1cc(C(C)=O)cc(OC)c1OC.Cc1ccccc1.[B]. The first-order valence-electron chi connectivity index (χ1n) is 6.86. The lowest BCUT2D eigenvalue weighted by Crippen LogP contribution is -1.99. The molecule has 0 N–H and O–H groups in total. The van der Waals surface area contributed by atoms with E-state index in [0.29, 0.717) is 22.8 Å². The highest BCUT2D eigenvalue weighted by Crippen LogP contribution is 2.38. The van der Waals surface area contributed by atoms with Gasteiger partial charge in [-0.3, -0.25) is 4.79 Å². The highest BCUT2D eigenvalue weighted by molar-refractivity contribution is 5.95. The number of ether oxygens (including phenoxy) is 3. The molecule has 3 radical (unpaired) electrons. The van der Waals surface area contributed by atoms with Crippen molar-refractivity contribution in [3.8, 4) is 17.2 Å². The van der Waals surface area contributed by atoms with E-state index < -0.39 is 0 Å². The van der Waals surface area contributed by atoms with Crippen molar-refractivity contribution in [2.75, 3.05) is 21.3 Å². The number of rotatable bonds is 4. The van der Waals surface area contributed by atoms with Gasteiger partial charge in [0.1, 0.15) is 0 Å². The molecule has 0 atom stereocenters. The number of methoxy groups -OCH3 is 3. The summed E-state index contributed by atoms with van der Waals surface area (Å²) < 4.78 is 15.4. The summed E-state index contributed by atoms with van der Waals surface area (Å²) >= 11 is 0. The molecule has 0 bridgehead atoms. The molecule has 0 aromatic heterocycles. The van der Waals surface area contributed by atoms with Crippen molar-refractivity contribution in [1.29, 1.82) is 0 Å². The molecule has 0 unspecified atom stereocenters. The second kappa shape index (κ2) is 10.3. The quantitative estimate of drug-likeness (QED) is 0.640. The van der Waals surface area contributed by atoms with Crippen molar-refractivity contribution >= 4 is 14.2 Å². The number of ketones is 1. The van der Waals surface area contributed by atoms with Crippen LogP contribution in [0.15, 0.2) is 42.5 Å². The lowest BCUT2D eigenvalue weighted by molar-refractivity contribution is 0.101. The second-order valence-electron chi connectivity index (χ2n) is 4.62. The van der Waals surface area contributed by atoms with Crippen LogP contribution in [-0.2, 0) is 0 Å². The Morgan fingerprint density at radius 2 is 1.35 bits per heavy atom. The van der Waals surface area contributed by atoms with Gasteiger partial charge in [0, 0.05) is 14.0 Å². The van der Waals surface area contributed by atoms with E-state index in [1.54, 1.807) is 12.1 Å². The van der Waals surface area contributed by atoms with Crippen molar-refractivity contribution in [2.45, 2.75) is 13.8 Å². The second-order valence-corrected chi connectivity index (χ2v) is 4.62. The maximum Gasteiger partial charge on any atom is 0.203 e. The fourth-order valence-electron chi connectivity index (χ4n) is 1.82. The van der Waals surface area contributed by atoms with Crippen LogP contribution in [0.3, 0.4) is 0 Å². The van der Waals surface area contributed by atoms with E-state index in [-0.39, 0.29) is 14.2 Å². The van der Waals surface area contributed by atoms with Gasteiger partial charge in [0.05, 0.1) is 21.3 Å². The van der Waals surface area contributed by atoms with E-state index >= 15 is 0 Å². The average molecular weight is 313 g/mol.